The topological polar surface area (TPSA) is 105 Å². The van der Waals surface area contributed by atoms with E-state index in [-0.39, 0.29) is 17.7 Å². The van der Waals surface area contributed by atoms with Gasteiger partial charge in [-0.05, 0) is 36.4 Å². The van der Waals surface area contributed by atoms with Crippen LogP contribution in [0.1, 0.15) is 31.1 Å². The summed E-state index contributed by atoms with van der Waals surface area (Å²) in [4.78, 5) is 50.6. The molecule has 3 aromatic rings. The zero-order chi connectivity index (χ0) is 24.6. The fourth-order valence-corrected chi connectivity index (χ4v) is 3.50. The van der Waals surface area contributed by atoms with Crippen molar-refractivity contribution in [2.45, 2.75) is 18.3 Å². The highest BCUT2D eigenvalue weighted by molar-refractivity contribution is 5.94. The molecule has 1 aliphatic rings. The summed E-state index contributed by atoms with van der Waals surface area (Å²) >= 11 is 0. The van der Waals surface area contributed by atoms with E-state index >= 15 is 0 Å². The number of benzene rings is 3. The van der Waals surface area contributed by atoms with Gasteiger partial charge in [-0.1, -0.05) is 54.6 Å². The van der Waals surface area contributed by atoms with Crippen LogP contribution >= 0.6 is 0 Å². The summed E-state index contributed by atoms with van der Waals surface area (Å²) < 4.78 is 22.0. The van der Waals surface area contributed by atoms with E-state index in [1.807, 2.05) is 0 Å². The van der Waals surface area contributed by atoms with Crippen molar-refractivity contribution in [2.24, 2.45) is 0 Å². The van der Waals surface area contributed by atoms with Crippen LogP contribution in [-0.2, 0) is 23.7 Å². The molecule has 1 fully saturated rings. The highest BCUT2D eigenvalue weighted by atomic mass is 16.6. The molecule has 3 atom stereocenters. The molecule has 35 heavy (non-hydrogen) atoms. The second-order valence-electron chi connectivity index (χ2n) is 7.71. The summed E-state index contributed by atoms with van der Waals surface area (Å²) in [6.07, 6.45) is -3.81. The van der Waals surface area contributed by atoms with Crippen molar-refractivity contribution in [3.63, 3.8) is 0 Å². The summed E-state index contributed by atoms with van der Waals surface area (Å²) in [5.41, 5.74) is 0.787. The SMILES string of the molecule is O=C(OC[C@H]1OCC(=O)[C@@H](OC(=O)c2ccccc2)[C@@H]1OC(=O)c1ccccc1)c1ccccc1. The molecule has 0 saturated carbocycles. The molecule has 0 unspecified atom stereocenters. The molecule has 3 aromatic carbocycles. The molecule has 1 saturated heterocycles. The number of ketones is 1. The number of carbonyl (C=O) groups excluding carboxylic acids is 4. The Kier molecular flexibility index (Phi) is 7.64. The van der Waals surface area contributed by atoms with E-state index in [1.165, 1.54) is 12.1 Å². The molecular weight excluding hydrogens is 452 g/mol. The molecule has 0 bridgehead atoms. The van der Waals surface area contributed by atoms with Crippen LogP contribution in [-0.4, -0.2) is 55.2 Å². The lowest BCUT2D eigenvalue weighted by Gasteiger charge is -2.35. The molecule has 0 spiro atoms. The molecule has 0 amide bonds. The molecule has 4 rings (SSSR count). The molecule has 8 heteroatoms. The fraction of sp³-hybridized carbons (Fsp3) is 0.185. The van der Waals surface area contributed by atoms with Crippen LogP contribution in [0.4, 0.5) is 0 Å². The lowest BCUT2D eigenvalue weighted by atomic mass is 10.0. The van der Waals surface area contributed by atoms with Gasteiger partial charge in [-0.25, -0.2) is 14.4 Å². The first-order chi connectivity index (χ1) is 17.0. The highest BCUT2D eigenvalue weighted by Crippen LogP contribution is 2.23. The van der Waals surface area contributed by atoms with Crippen molar-refractivity contribution >= 4 is 23.7 Å². The summed E-state index contributed by atoms with van der Waals surface area (Å²) in [7, 11) is 0. The van der Waals surface area contributed by atoms with Gasteiger partial charge in [0.2, 0.25) is 11.9 Å². The molecule has 0 aliphatic carbocycles. The van der Waals surface area contributed by atoms with Crippen LogP contribution < -0.4 is 0 Å². The fourth-order valence-electron chi connectivity index (χ4n) is 3.50. The maximum atomic E-state index is 12.8. The molecule has 178 valence electrons. The number of carbonyl (C=O) groups is 4. The Hall–Kier alpha value is -4.30. The molecule has 0 aromatic heterocycles. The number of esters is 3. The highest BCUT2D eigenvalue weighted by Gasteiger charge is 2.46. The number of hydrogen-bond donors (Lipinski definition) is 0. The summed E-state index contributed by atoms with van der Waals surface area (Å²) in [5.74, 6) is -2.69. The van der Waals surface area contributed by atoms with Crippen molar-refractivity contribution in [1.82, 2.24) is 0 Å². The summed E-state index contributed by atoms with van der Waals surface area (Å²) in [6, 6.07) is 24.6. The molecule has 1 aliphatic heterocycles. The van der Waals surface area contributed by atoms with E-state index in [0.717, 1.165) is 0 Å². The number of ether oxygens (including phenoxy) is 4. The lowest BCUT2D eigenvalue weighted by Crippen LogP contribution is -2.56. The first-order valence-electron chi connectivity index (χ1n) is 10.9. The van der Waals surface area contributed by atoms with Crippen LogP contribution in [0, 0.1) is 0 Å². The minimum absolute atomic E-state index is 0.229. The number of hydrogen-bond acceptors (Lipinski definition) is 8. The van der Waals surface area contributed by atoms with Crippen LogP contribution in [0.3, 0.4) is 0 Å². The lowest BCUT2D eigenvalue weighted by molar-refractivity contribution is -0.172. The van der Waals surface area contributed by atoms with E-state index in [0.29, 0.717) is 5.56 Å². The average molecular weight is 474 g/mol. The first kappa shape index (κ1) is 23.8. The van der Waals surface area contributed by atoms with Gasteiger partial charge >= 0.3 is 17.9 Å². The molecule has 8 nitrogen and oxygen atoms in total. The largest absolute Gasteiger partial charge is 0.459 e. The average Bonchev–Trinajstić information content (AvgIpc) is 2.91. The molecule has 1 heterocycles. The van der Waals surface area contributed by atoms with Gasteiger partial charge < -0.3 is 18.9 Å². The maximum Gasteiger partial charge on any atom is 0.338 e. The summed E-state index contributed by atoms with van der Waals surface area (Å²) in [5, 5.41) is 0. The van der Waals surface area contributed by atoms with Gasteiger partial charge in [-0.2, -0.15) is 0 Å². The Balaban J connectivity index is 1.54. The Morgan fingerprint density at radius 3 is 1.66 bits per heavy atom. The number of rotatable bonds is 7. The Morgan fingerprint density at radius 1 is 0.686 bits per heavy atom. The third kappa shape index (κ3) is 5.99. The van der Waals surface area contributed by atoms with Gasteiger partial charge in [0.25, 0.3) is 0 Å². The van der Waals surface area contributed by atoms with Gasteiger partial charge in [0.15, 0.2) is 6.10 Å². The van der Waals surface area contributed by atoms with Gasteiger partial charge in [-0.3, -0.25) is 4.79 Å². The van der Waals surface area contributed by atoms with Crippen molar-refractivity contribution in [2.75, 3.05) is 13.2 Å². The van der Waals surface area contributed by atoms with Crippen molar-refractivity contribution in [3.05, 3.63) is 108 Å². The third-order valence-corrected chi connectivity index (χ3v) is 5.31. The first-order valence-corrected chi connectivity index (χ1v) is 10.9. The van der Waals surface area contributed by atoms with E-state index in [1.54, 1.807) is 78.9 Å². The third-order valence-electron chi connectivity index (χ3n) is 5.31. The zero-order valence-electron chi connectivity index (χ0n) is 18.6. The standard InChI is InChI=1S/C27H22O8/c28-21-16-32-22(17-33-25(29)18-10-4-1-5-11-18)24(35-27(31)20-14-8-3-9-15-20)23(21)34-26(30)19-12-6-2-7-13-19/h1-15,22-24H,16-17H2/t22-,23-,24-/m1/s1. The Bertz CT molecular complexity index is 1180. The van der Waals surface area contributed by atoms with E-state index < -0.39 is 48.6 Å². The van der Waals surface area contributed by atoms with Crippen LogP contribution in [0.5, 0.6) is 0 Å². The smallest absolute Gasteiger partial charge is 0.338 e. The van der Waals surface area contributed by atoms with Crippen molar-refractivity contribution in [3.8, 4) is 0 Å². The predicted octanol–water partition coefficient (Wildman–Crippen LogP) is 3.26. The quantitative estimate of drug-likeness (QED) is 0.380. The van der Waals surface area contributed by atoms with Crippen LogP contribution in [0.25, 0.3) is 0 Å². The van der Waals surface area contributed by atoms with E-state index in [4.69, 9.17) is 18.9 Å². The van der Waals surface area contributed by atoms with E-state index in [2.05, 4.69) is 0 Å². The molecule has 0 N–H and O–H groups in total. The van der Waals surface area contributed by atoms with Gasteiger partial charge in [0, 0.05) is 0 Å². The Labute approximate surface area is 201 Å². The van der Waals surface area contributed by atoms with Crippen LogP contribution in [0.2, 0.25) is 0 Å². The van der Waals surface area contributed by atoms with Crippen molar-refractivity contribution < 1.29 is 38.1 Å². The van der Waals surface area contributed by atoms with Gasteiger partial charge in [-0.15, -0.1) is 0 Å². The zero-order valence-corrected chi connectivity index (χ0v) is 18.6. The monoisotopic (exact) mass is 474 g/mol. The predicted molar refractivity (Wildman–Crippen MR) is 123 cm³/mol. The van der Waals surface area contributed by atoms with Crippen molar-refractivity contribution in [1.29, 1.82) is 0 Å². The van der Waals surface area contributed by atoms with E-state index in [9.17, 15) is 19.2 Å². The van der Waals surface area contributed by atoms with Gasteiger partial charge in [0.05, 0.1) is 16.7 Å². The second kappa shape index (κ2) is 11.2. The minimum Gasteiger partial charge on any atom is -0.459 e. The van der Waals surface area contributed by atoms with Crippen LogP contribution in [0.15, 0.2) is 91.0 Å². The Morgan fingerprint density at radius 2 is 1.14 bits per heavy atom. The minimum atomic E-state index is -1.44. The maximum absolute atomic E-state index is 12.8. The second-order valence-corrected chi connectivity index (χ2v) is 7.71. The van der Waals surface area contributed by atoms with Gasteiger partial charge in [0.1, 0.15) is 19.3 Å². The molecule has 0 radical (unpaired) electrons. The summed E-state index contributed by atoms with van der Waals surface area (Å²) in [6.45, 7) is -0.729. The number of Topliss-reactive ketones (excluding diaryl/α,β-unsaturated/α-hetero) is 1. The molecular formula is C27H22O8. The normalized spacial score (nSPS) is 19.4.